The molecule has 1 fully saturated rings. The van der Waals surface area contributed by atoms with Gasteiger partial charge in [-0.3, -0.25) is 4.79 Å². The van der Waals surface area contributed by atoms with Crippen LogP contribution in [-0.4, -0.2) is 45.2 Å². The van der Waals surface area contributed by atoms with Crippen LogP contribution in [0.5, 0.6) is 0 Å². The molecule has 6 heteroatoms. The van der Waals surface area contributed by atoms with Gasteiger partial charge >= 0.3 is 5.97 Å². The number of carboxylic acid groups (broad SMARTS) is 1. The minimum atomic E-state index is -0.944. The quantitative estimate of drug-likeness (QED) is 0.867. The highest BCUT2D eigenvalue weighted by Gasteiger charge is 2.22. The molecule has 19 heavy (non-hydrogen) atoms. The molecule has 6 nitrogen and oxygen atoms in total. The summed E-state index contributed by atoms with van der Waals surface area (Å²) in [4.78, 5) is 17.1. The molecule has 0 unspecified atom stereocenters. The molecule has 0 atom stereocenters. The zero-order valence-electron chi connectivity index (χ0n) is 11.5. The standard InChI is InChI=1S/C13H21N3O3/c1-9(2)16-5-3-10(4-6-16)7-11-14-12(19-15-11)8-13(17)18/h9-10H,3-8H2,1-2H3,(H,17,18). The molecule has 1 N–H and O–H groups in total. The lowest BCUT2D eigenvalue weighted by molar-refractivity contribution is -0.136. The third-order valence-electron chi connectivity index (χ3n) is 3.66. The third kappa shape index (κ3) is 4.02. The molecule has 0 spiro atoms. The first kappa shape index (κ1) is 14.0. The molecule has 1 aliphatic heterocycles. The summed E-state index contributed by atoms with van der Waals surface area (Å²) in [5, 5.41) is 12.5. The molecule has 1 aromatic rings. The number of piperidine rings is 1. The minimum Gasteiger partial charge on any atom is -0.481 e. The van der Waals surface area contributed by atoms with Crippen molar-refractivity contribution >= 4 is 5.97 Å². The van der Waals surface area contributed by atoms with E-state index in [0.717, 1.165) is 32.4 Å². The van der Waals surface area contributed by atoms with Crippen molar-refractivity contribution in [2.24, 2.45) is 5.92 Å². The molecule has 1 aliphatic rings. The Morgan fingerprint density at radius 2 is 2.16 bits per heavy atom. The average molecular weight is 267 g/mol. The largest absolute Gasteiger partial charge is 0.481 e. The fraction of sp³-hybridized carbons (Fsp3) is 0.769. The van der Waals surface area contributed by atoms with Crippen molar-refractivity contribution in [3.05, 3.63) is 11.7 Å². The first-order valence-corrected chi connectivity index (χ1v) is 6.82. The van der Waals surface area contributed by atoms with Gasteiger partial charge in [0.25, 0.3) is 0 Å². The average Bonchev–Trinajstić information content (AvgIpc) is 2.76. The van der Waals surface area contributed by atoms with Gasteiger partial charge in [-0.2, -0.15) is 4.98 Å². The van der Waals surface area contributed by atoms with Crippen LogP contribution < -0.4 is 0 Å². The molecule has 0 radical (unpaired) electrons. The van der Waals surface area contributed by atoms with E-state index in [1.807, 2.05) is 0 Å². The lowest BCUT2D eigenvalue weighted by Crippen LogP contribution is -2.38. The smallest absolute Gasteiger partial charge is 0.312 e. The molecule has 2 rings (SSSR count). The number of aromatic nitrogens is 2. The SMILES string of the molecule is CC(C)N1CCC(Cc2noc(CC(=O)O)n2)CC1. The molecule has 0 saturated carbocycles. The fourth-order valence-electron chi connectivity index (χ4n) is 2.51. The van der Waals surface area contributed by atoms with Gasteiger partial charge in [0, 0.05) is 12.5 Å². The number of likely N-dealkylation sites (tertiary alicyclic amines) is 1. The van der Waals surface area contributed by atoms with E-state index in [0.29, 0.717) is 17.8 Å². The molecule has 0 bridgehead atoms. The van der Waals surface area contributed by atoms with Crippen LogP contribution in [0.2, 0.25) is 0 Å². The number of carbonyl (C=O) groups is 1. The summed E-state index contributed by atoms with van der Waals surface area (Å²) in [5.74, 6) is 0.465. The van der Waals surface area contributed by atoms with Crippen LogP contribution in [0, 0.1) is 5.92 Å². The predicted octanol–water partition coefficient (Wildman–Crippen LogP) is 1.36. The molecular weight excluding hydrogens is 246 g/mol. The zero-order chi connectivity index (χ0) is 13.8. The van der Waals surface area contributed by atoms with E-state index in [9.17, 15) is 4.79 Å². The highest BCUT2D eigenvalue weighted by Crippen LogP contribution is 2.21. The van der Waals surface area contributed by atoms with Gasteiger partial charge in [0.1, 0.15) is 6.42 Å². The predicted molar refractivity (Wildman–Crippen MR) is 68.8 cm³/mol. The maximum atomic E-state index is 10.5. The summed E-state index contributed by atoms with van der Waals surface area (Å²) in [7, 11) is 0. The lowest BCUT2D eigenvalue weighted by atomic mass is 9.93. The van der Waals surface area contributed by atoms with Gasteiger partial charge < -0.3 is 14.5 Å². The van der Waals surface area contributed by atoms with Gasteiger partial charge in [0.15, 0.2) is 5.82 Å². The molecule has 2 heterocycles. The normalized spacial score (nSPS) is 18.1. The highest BCUT2D eigenvalue weighted by molar-refractivity contribution is 5.68. The zero-order valence-corrected chi connectivity index (χ0v) is 11.5. The Labute approximate surface area is 112 Å². The number of aliphatic carboxylic acids is 1. The van der Waals surface area contributed by atoms with Crippen molar-refractivity contribution in [3.63, 3.8) is 0 Å². The summed E-state index contributed by atoms with van der Waals surface area (Å²) in [6, 6.07) is 0.605. The number of carboxylic acids is 1. The summed E-state index contributed by atoms with van der Waals surface area (Å²) < 4.78 is 4.92. The monoisotopic (exact) mass is 267 g/mol. The van der Waals surface area contributed by atoms with Crippen LogP contribution in [0.3, 0.4) is 0 Å². The summed E-state index contributed by atoms with van der Waals surface area (Å²) in [6.45, 7) is 6.67. The first-order chi connectivity index (χ1) is 9.04. The van der Waals surface area contributed by atoms with Crippen LogP contribution in [0.1, 0.15) is 38.4 Å². The van der Waals surface area contributed by atoms with E-state index >= 15 is 0 Å². The Hall–Kier alpha value is -1.43. The van der Waals surface area contributed by atoms with Crippen LogP contribution in [-0.2, 0) is 17.6 Å². The van der Waals surface area contributed by atoms with E-state index in [4.69, 9.17) is 9.63 Å². The summed E-state index contributed by atoms with van der Waals surface area (Å²) in [5.41, 5.74) is 0. The molecule has 0 amide bonds. The third-order valence-corrected chi connectivity index (χ3v) is 3.66. The van der Waals surface area contributed by atoms with Crippen molar-refractivity contribution in [1.82, 2.24) is 15.0 Å². The van der Waals surface area contributed by atoms with Crippen LogP contribution in [0.25, 0.3) is 0 Å². The number of hydrogen-bond acceptors (Lipinski definition) is 5. The van der Waals surface area contributed by atoms with Crippen LogP contribution in [0.4, 0.5) is 0 Å². The van der Waals surface area contributed by atoms with Gasteiger partial charge in [-0.1, -0.05) is 5.16 Å². The van der Waals surface area contributed by atoms with Gasteiger partial charge in [-0.05, 0) is 45.7 Å². The van der Waals surface area contributed by atoms with Gasteiger partial charge in [-0.25, -0.2) is 0 Å². The topological polar surface area (TPSA) is 79.5 Å². The second kappa shape index (κ2) is 6.14. The fourth-order valence-corrected chi connectivity index (χ4v) is 2.51. The second-order valence-electron chi connectivity index (χ2n) is 5.45. The van der Waals surface area contributed by atoms with Gasteiger partial charge in [-0.15, -0.1) is 0 Å². The van der Waals surface area contributed by atoms with E-state index in [1.54, 1.807) is 0 Å². The van der Waals surface area contributed by atoms with E-state index in [1.165, 1.54) is 0 Å². The molecule has 106 valence electrons. The Kier molecular flexibility index (Phi) is 4.52. The molecular formula is C13H21N3O3. The maximum Gasteiger partial charge on any atom is 0.312 e. The second-order valence-corrected chi connectivity index (χ2v) is 5.45. The highest BCUT2D eigenvalue weighted by atomic mass is 16.5. The van der Waals surface area contributed by atoms with Gasteiger partial charge in [0.2, 0.25) is 5.89 Å². The number of rotatable bonds is 5. The summed E-state index contributed by atoms with van der Waals surface area (Å²) >= 11 is 0. The van der Waals surface area contributed by atoms with E-state index in [2.05, 4.69) is 28.9 Å². The van der Waals surface area contributed by atoms with Crippen molar-refractivity contribution < 1.29 is 14.4 Å². The summed E-state index contributed by atoms with van der Waals surface area (Å²) in [6.07, 6.45) is 2.87. The van der Waals surface area contributed by atoms with Crippen LogP contribution >= 0.6 is 0 Å². The van der Waals surface area contributed by atoms with E-state index in [-0.39, 0.29) is 12.3 Å². The Morgan fingerprint density at radius 3 is 2.74 bits per heavy atom. The van der Waals surface area contributed by atoms with Crippen molar-refractivity contribution in [2.75, 3.05) is 13.1 Å². The molecule has 0 aliphatic carbocycles. The maximum absolute atomic E-state index is 10.5. The molecule has 1 saturated heterocycles. The Balaban J connectivity index is 1.82. The van der Waals surface area contributed by atoms with Crippen molar-refractivity contribution in [1.29, 1.82) is 0 Å². The first-order valence-electron chi connectivity index (χ1n) is 6.82. The van der Waals surface area contributed by atoms with E-state index < -0.39 is 5.97 Å². The van der Waals surface area contributed by atoms with Crippen LogP contribution in [0.15, 0.2) is 4.52 Å². The van der Waals surface area contributed by atoms with Gasteiger partial charge in [0.05, 0.1) is 0 Å². The Bertz CT molecular complexity index is 423. The molecule has 1 aromatic heterocycles. The number of nitrogens with zero attached hydrogens (tertiary/aromatic N) is 3. The van der Waals surface area contributed by atoms with Crippen molar-refractivity contribution in [3.8, 4) is 0 Å². The number of hydrogen-bond donors (Lipinski definition) is 1. The minimum absolute atomic E-state index is 0.196. The Morgan fingerprint density at radius 1 is 1.47 bits per heavy atom. The lowest BCUT2D eigenvalue weighted by Gasteiger charge is -2.34. The molecule has 0 aromatic carbocycles. The van der Waals surface area contributed by atoms with Crippen molar-refractivity contribution in [2.45, 2.75) is 45.6 Å².